The zero-order chi connectivity index (χ0) is 24.2. The number of nitrogens with zero attached hydrogens (tertiary/aromatic N) is 1. The zero-order valence-electron chi connectivity index (χ0n) is 18.9. The second kappa shape index (κ2) is 10.1. The average Bonchev–Trinajstić information content (AvgIpc) is 2.85. The monoisotopic (exact) mass is 465 g/mol. The largest absolute Gasteiger partial charge is 0.493 e. The number of hydrogen-bond donors (Lipinski definition) is 1. The third-order valence-corrected chi connectivity index (χ3v) is 6.08. The normalized spacial score (nSPS) is 16.8. The fraction of sp³-hybridized carbons (Fsp3) is 0.222. The highest BCUT2D eigenvalue weighted by molar-refractivity contribution is 5.76. The minimum atomic E-state index is -0.995. The van der Waals surface area contributed by atoms with Crippen LogP contribution in [-0.2, 0) is 11.2 Å². The maximum absolute atomic E-state index is 14.3. The average molecular weight is 465 g/mol. The SMILES string of the molecule is COc1cc2c(cc1OC)C(C=Cc1cccc(F)c1F)N(C(C(=O)O)c1ccccc1)CC2. The Balaban J connectivity index is 1.85. The van der Waals surface area contributed by atoms with Crippen LogP contribution >= 0.6 is 0 Å². The van der Waals surface area contributed by atoms with Crippen LogP contribution in [0.1, 0.15) is 34.3 Å². The highest BCUT2D eigenvalue weighted by Crippen LogP contribution is 2.42. The number of carboxylic acids is 1. The van der Waals surface area contributed by atoms with Crippen molar-refractivity contribution in [2.24, 2.45) is 0 Å². The number of benzene rings is 3. The lowest BCUT2D eigenvalue weighted by Gasteiger charge is -2.40. The summed E-state index contributed by atoms with van der Waals surface area (Å²) >= 11 is 0. The molecule has 4 rings (SSSR count). The number of aliphatic carboxylic acids is 1. The quantitative estimate of drug-likeness (QED) is 0.505. The van der Waals surface area contributed by atoms with E-state index >= 15 is 0 Å². The summed E-state index contributed by atoms with van der Waals surface area (Å²) < 4.78 is 39.0. The van der Waals surface area contributed by atoms with Gasteiger partial charge in [0, 0.05) is 12.1 Å². The molecule has 0 amide bonds. The number of carboxylic acid groups (broad SMARTS) is 1. The highest BCUT2D eigenvalue weighted by Gasteiger charge is 2.36. The molecule has 1 N–H and O–H groups in total. The van der Waals surface area contributed by atoms with Crippen molar-refractivity contribution >= 4 is 12.0 Å². The molecule has 0 aromatic heterocycles. The fourth-order valence-corrected chi connectivity index (χ4v) is 4.46. The van der Waals surface area contributed by atoms with E-state index in [-0.39, 0.29) is 5.56 Å². The molecular formula is C27H25F2NO4. The van der Waals surface area contributed by atoms with Crippen LogP contribution in [0.25, 0.3) is 6.08 Å². The molecule has 2 atom stereocenters. The van der Waals surface area contributed by atoms with Crippen LogP contribution < -0.4 is 9.47 Å². The van der Waals surface area contributed by atoms with Crippen molar-refractivity contribution in [3.05, 3.63) is 101 Å². The van der Waals surface area contributed by atoms with Crippen LogP contribution in [0.5, 0.6) is 11.5 Å². The summed E-state index contributed by atoms with van der Waals surface area (Å²) in [6.45, 7) is 0.439. The lowest BCUT2D eigenvalue weighted by molar-refractivity contribution is -0.144. The first-order valence-corrected chi connectivity index (χ1v) is 10.8. The van der Waals surface area contributed by atoms with E-state index in [1.807, 2.05) is 23.1 Å². The van der Waals surface area contributed by atoms with Gasteiger partial charge in [0.05, 0.1) is 20.3 Å². The van der Waals surface area contributed by atoms with E-state index < -0.39 is 29.7 Å². The van der Waals surface area contributed by atoms with Crippen molar-refractivity contribution in [3.8, 4) is 11.5 Å². The van der Waals surface area contributed by atoms with E-state index in [1.165, 1.54) is 25.3 Å². The standard InChI is InChI=1S/C27H25F2NO4/c1-33-23-15-19-13-14-30(26(27(31)32)18-7-4-3-5-8-18)22(20(19)16-24(23)34-2)12-11-17-9-6-10-21(28)25(17)29/h3-12,15-16,22,26H,13-14H2,1-2H3,(H,31,32). The Morgan fingerprint density at radius 1 is 1.06 bits per heavy atom. The van der Waals surface area contributed by atoms with Gasteiger partial charge in [0.1, 0.15) is 6.04 Å². The van der Waals surface area contributed by atoms with Gasteiger partial charge in [-0.1, -0.05) is 54.6 Å². The Bertz CT molecular complexity index is 1210. The smallest absolute Gasteiger partial charge is 0.325 e. The minimum Gasteiger partial charge on any atom is -0.493 e. The molecule has 0 saturated carbocycles. The maximum atomic E-state index is 14.3. The Morgan fingerprint density at radius 3 is 2.44 bits per heavy atom. The first-order chi connectivity index (χ1) is 16.4. The molecule has 7 heteroatoms. The summed E-state index contributed by atoms with van der Waals surface area (Å²) in [5, 5.41) is 10.2. The Labute approximate surface area is 196 Å². The molecule has 0 bridgehead atoms. The molecule has 1 aliphatic rings. The molecule has 1 heterocycles. The molecule has 2 unspecified atom stereocenters. The number of fused-ring (bicyclic) bond motifs is 1. The molecule has 176 valence electrons. The van der Waals surface area contributed by atoms with Crippen molar-refractivity contribution in [2.75, 3.05) is 20.8 Å². The van der Waals surface area contributed by atoms with Crippen LogP contribution in [0.15, 0.2) is 66.7 Å². The summed E-state index contributed by atoms with van der Waals surface area (Å²) in [5.74, 6) is -1.81. The first-order valence-electron chi connectivity index (χ1n) is 10.8. The summed E-state index contributed by atoms with van der Waals surface area (Å²) in [4.78, 5) is 14.3. The van der Waals surface area contributed by atoms with Crippen molar-refractivity contribution in [1.29, 1.82) is 0 Å². The Kier molecular flexibility index (Phi) is 6.93. The van der Waals surface area contributed by atoms with Crippen LogP contribution in [0.3, 0.4) is 0 Å². The molecule has 0 fully saturated rings. The summed E-state index contributed by atoms with van der Waals surface area (Å²) in [6.07, 6.45) is 3.79. The summed E-state index contributed by atoms with van der Waals surface area (Å²) in [6, 6.07) is 15.2. The molecule has 34 heavy (non-hydrogen) atoms. The fourth-order valence-electron chi connectivity index (χ4n) is 4.46. The first kappa shape index (κ1) is 23.4. The predicted molar refractivity (Wildman–Crippen MR) is 125 cm³/mol. The third-order valence-electron chi connectivity index (χ3n) is 6.08. The lowest BCUT2D eigenvalue weighted by atomic mass is 9.88. The molecule has 0 spiro atoms. The minimum absolute atomic E-state index is 0.0825. The van der Waals surface area contributed by atoms with Gasteiger partial charge in [-0.15, -0.1) is 0 Å². The van der Waals surface area contributed by atoms with Gasteiger partial charge in [-0.2, -0.15) is 0 Å². The van der Waals surface area contributed by atoms with Gasteiger partial charge >= 0.3 is 5.97 Å². The highest BCUT2D eigenvalue weighted by atomic mass is 19.2. The maximum Gasteiger partial charge on any atom is 0.325 e. The number of carbonyl (C=O) groups is 1. The summed E-state index contributed by atoms with van der Waals surface area (Å²) in [7, 11) is 3.08. The van der Waals surface area contributed by atoms with Gasteiger partial charge in [-0.3, -0.25) is 9.69 Å². The van der Waals surface area contributed by atoms with E-state index in [9.17, 15) is 18.7 Å². The van der Waals surface area contributed by atoms with E-state index in [0.29, 0.717) is 30.0 Å². The molecule has 3 aromatic carbocycles. The van der Waals surface area contributed by atoms with Crippen molar-refractivity contribution < 1.29 is 28.2 Å². The van der Waals surface area contributed by atoms with Gasteiger partial charge in [0.25, 0.3) is 0 Å². The summed E-state index contributed by atoms with van der Waals surface area (Å²) in [5.41, 5.74) is 2.51. The van der Waals surface area contributed by atoms with Gasteiger partial charge in [0.2, 0.25) is 0 Å². The van der Waals surface area contributed by atoms with Crippen molar-refractivity contribution in [3.63, 3.8) is 0 Å². The van der Waals surface area contributed by atoms with Crippen LogP contribution in [-0.4, -0.2) is 36.7 Å². The van der Waals surface area contributed by atoms with Gasteiger partial charge in [-0.25, -0.2) is 8.78 Å². The second-order valence-corrected chi connectivity index (χ2v) is 7.99. The number of hydrogen-bond acceptors (Lipinski definition) is 4. The van der Waals surface area contributed by atoms with E-state index in [0.717, 1.165) is 17.2 Å². The number of ether oxygens (including phenoxy) is 2. The van der Waals surface area contributed by atoms with E-state index in [1.54, 1.807) is 37.5 Å². The second-order valence-electron chi connectivity index (χ2n) is 7.99. The molecule has 3 aromatic rings. The van der Waals surface area contributed by atoms with E-state index in [4.69, 9.17) is 9.47 Å². The molecule has 0 radical (unpaired) electrons. The van der Waals surface area contributed by atoms with Gasteiger partial charge in [0.15, 0.2) is 23.1 Å². The van der Waals surface area contributed by atoms with Crippen molar-refractivity contribution in [2.45, 2.75) is 18.5 Å². The van der Waals surface area contributed by atoms with Crippen LogP contribution in [0, 0.1) is 11.6 Å². The number of methoxy groups -OCH3 is 2. The third kappa shape index (κ3) is 4.52. The topological polar surface area (TPSA) is 59.0 Å². The number of halogens is 2. The van der Waals surface area contributed by atoms with Crippen LogP contribution in [0.2, 0.25) is 0 Å². The Morgan fingerprint density at radius 2 is 1.76 bits per heavy atom. The van der Waals surface area contributed by atoms with Crippen LogP contribution in [0.4, 0.5) is 8.78 Å². The van der Waals surface area contributed by atoms with Gasteiger partial charge in [-0.05, 0) is 41.3 Å². The lowest BCUT2D eigenvalue weighted by Crippen LogP contribution is -2.41. The number of rotatable bonds is 7. The molecule has 1 aliphatic heterocycles. The zero-order valence-corrected chi connectivity index (χ0v) is 18.9. The van der Waals surface area contributed by atoms with E-state index in [2.05, 4.69) is 0 Å². The Hall–Kier alpha value is -3.71. The molecule has 5 nitrogen and oxygen atoms in total. The molecule has 0 aliphatic carbocycles. The van der Waals surface area contributed by atoms with Gasteiger partial charge < -0.3 is 14.6 Å². The predicted octanol–water partition coefficient (Wildman–Crippen LogP) is 5.42. The molecule has 0 saturated heterocycles. The van der Waals surface area contributed by atoms with Crippen molar-refractivity contribution in [1.82, 2.24) is 4.90 Å². The molecular weight excluding hydrogens is 440 g/mol.